The molecule has 0 spiro atoms. The number of hydrogen-bond acceptors (Lipinski definition) is 6. The van der Waals surface area contributed by atoms with Gasteiger partial charge in [-0.1, -0.05) is 6.07 Å². The van der Waals surface area contributed by atoms with Gasteiger partial charge in [0, 0.05) is 0 Å². The fourth-order valence-electron chi connectivity index (χ4n) is 1.50. The summed E-state index contributed by atoms with van der Waals surface area (Å²) in [7, 11) is 0. The lowest BCUT2D eigenvalue weighted by Gasteiger charge is -2.08. The van der Waals surface area contributed by atoms with Gasteiger partial charge in [-0.2, -0.15) is 4.39 Å². The molecule has 1 aromatic carbocycles. The number of carbonyl (C=O) groups excluding carboxylic acids is 1. The first-order valence-corrected chi connectivity index (χ1v) is 5.59. The van der Waals surface area contributed by atoms with E-state index in [2.05, 4.69) is 0 Å². The van der Waals surface area contributed by atoms with Crippen molar-refractivity contribution in [3.05, 3.63) is 51.1 Å². The van der Waals surface area contributed by atoms with Gasteiger partial charge in [-0.25, -0.2) is 9.59 Å². The highest BCUT2D eigenvalue weighted by Gasteiger charge is 2.15. The summed E-state index contributed by atoms with van der Waals surface area (Å²) < 4.78 is 18.3. The minimum Gasteiger partial charge on any atom is -0.504 e. The number of aromatic hydroxyl groups is 2. The first kappa shape index (κ1) is 14.3. The molecule has 0 aliphatic rings. The van der Waals surface area contributed by atoms with Crippen molar-refractivity contribution < 1.29 is 24.1 Å². The Morgan fingerprint density at radius 2 is 1.90 bits per heavy atom. The molecule has 0 amide bonds. The van der Waals surface area contributed by atoms with Crippen LogP contribution < -0.4 is 16.0 Å². The van der Waals surface area contributed by atoms with Crippen molar-refractivity contribution in [2.45, 2.75) is 6.54 Å². The molecule has 9 heteroatoms. The number of esters is 1. The van der Waals surface area contributed by atoms with Gasteiger partial charge in [-0.3, -0.25) is 14.3 Å². The SMILES string of the molecule is O=C(Cn1cc(F)c(=O)[nH]c1=O)Oc1c(O)cccc1O. The molecule has 0 unspecified atom stereocenters. The van der Waals surface area contributed by atoms with Crippen LogP contribution in [-0.4, -0.2) is 25.7 Å². The van der Waals surface area contributed by atoms with Crippen LogP contribution in [0.25, 0.3) is 0 Å². The molecule has 0 atom stereocenters. The molecule has 21 heavy (non-hydrogen) atoms. The molecule has 3 N–H and O–H groups in total. The highest BCUT2D eigenvalue weighted by atomic mass is 19.1. The molecule has 0 aliphatic carbocycles. The zero-order chi connectivity index (χ0) is 15.6. The third-order valence-corrected chi connectivity index (χ3v) is 2.46. The number of hydrogen-bond donors (Lipinski definition) is 3. The van der Waals surface area contributed by atoms with Crippen LogP contribution in [0.2, 0.25) is 0 Å². The summed E-state index contributed by atoms with van der Waals surface area (Å²) in [6.07, 6.45) is 0.549. The van der Waals surface area contributed by atoms with Crippen molar-refractivity contribution in [3.63, 3.8) is 0 Å². The summed E-state index contributed by atoms with van der Waals surface area (Å²) >= 11 is 0. The molecule has 0 saturated heterocycles. The number of carbonyl (C=O) groups is 1. The van der Waals surface area contributed by atoms with Crippen LogP contribution in [-0.2, 0) is 11.3 Å². The van der Waals surface area contributed by atoms with E-state index in [4.69, 9.17) is 4.74 Å². The normalized spacial score (nSPS) is 10.3. The van der Waals surface area contributed by atoms with E-state index >= 15 is 0 Å². The zero-order valence-electron chi connectivity index (χ0n) is 10.4. The van der Waals surface area contributed by atoms with E-state index in [1.807, 2.05) is 0 Å². The molecule has 1 aromatic heterocycles. The molecule has 2 rings (SSSR count). The molecule has 2 aromatic rings. The number of H-pyrrole nitrogens is 1. The van der Waals surface area contributed by atoms with E-state index in [1.165, 1.54) is 18.2 Å². The Kier molecular flexibility index (Phi) is 3.74. The fraction of sp³-hybridized carbons (Fsp3) is 0.0833. The van der Waals surface area contributed by atoms with Crippen LogP contribution in [0.1, 0.15) is 0 Å². The van der Waals surface area contributed by atoms with Crippen molar-refractivity contribution in [3.8, 4) is 17.2 Å². The van der Waals surface area contributed by atoms with Crippen molar-refractivity contribution >= 4 is 5.97 Å². The maximum atomic E-state index is 13.0. The number of aromatic amines is 1. The van der Waals surface area contributed by atoms with Crippen LogP contribution in [0.15, 0.2) is 34.0 Å². The van der Waals surface area contributed by atoms with Gasteiger partial charge in [-0.05, 0) is 12.1 Å². The minimum absolute atomic E-state index is 0.483. The first-order valence-electron chi connectivity index (χ1n) is 5.59. The van der Waals surface area contributed by atoms with E-state index < -0.39 is 46.8 Å². The first-order chi connectivity index (χ1) is 9.88. The van der Waals surface area contributed by atoms with Crippen molar-refractivity contribution in [2.24, 2.45) is 0 Å². The Bertz CT molecular complexity index is 790. The second-order valence-electron chi connectivity index (χ2n) is 3.96. The van der Waals surface area contributed by atoms with Gasteiger partial charge < -0.3 is 14.9 Å². The molecule has 110 valence electrons. The van der Waals surface area contributed by atoms with Gasteiger partial charge in [0.15, 0.2) is 11.5 Å². The zero-order valence-corrected chi connectivity index (χ0v) is 10.4. The summed E-state index contributed by atoms with van der Waals surface area (Å²) in [6.45, 7) is -0.722. The van der Waals surface area contributed by atoms with Crippen LogP contribution in [0.3, 0.4) is 0 Å². The Labute approximate surface area is 115 Å². The lowest BCUT2D eigenvalue weighted by atomic mass is 10.3. The number of phenols is 2. The molecule has 8 nitrogen and oxygen atoms in total. The second kappa shape index (κ2) is 5.49. The molecule has 0 radical (unpaired) electrons. The third-order valence-electron chi connectivity index (χ3n) is 2.46. The summed E-state index contributed by atoms with van der Waals surface area (Å²) in [6, 6.07) is 3.67. The number of nitrogens with one attached hydrogen (secondary N) is 1. The molecular weight excluding hydrogens is 287 g/mol. The molecule has 1 heterocycles. The van der Waals surface area contributed by atoms with Crippen LogP contribution in [0.4, 0.5) is 4.39 Å². The van der Waals surface area contributed by atoms with Gasteiger partial charge in [0.2, 0.25) is 11.6 Å². The molecular formula is C12H9FN2O6. The Balaban J connectivity index is 2.22. The highest BCUT2D eigenvalue weighted by molar-refractivity contribution is 5.74. The van der Waals surface area contributed by atoms with E-state index in [0.29, 0.717) is 10.8 Å². The van der Waals surface area contributed by atoms with Gasteiger partial charge in [0.05, 0.1) is 6.20 Å². The van der Waals surface area contributed by atoms with E-state index in [-0.39, 0.29) is 0 Å². The number of aromatic nitrogens is 2. The summed E-state index contributed by atoms with van der Waals surface area (Å²) in [5, 5.41) is 18.9. The number of halogens is 1. The van der Waals surface area contributed by atoms with Gasteiger partial charge in [0.25, 0.3) is 5.56 Å². The number of nitrogens with zero attached hydrogens (tertiary/aromatic N) is 1. The van der Waals surface area contributed by atoms with Crippen molar-refractivity contribution in [2.75, 3.05) is 0 Å². The minimum atomic E-state index is -1.24. The molecule has 0 aliphatic heterocycles. The van der Waals surface area contributed by atoms with E-state index in [0.717, 1.165) is 0 Å². The predicted octanol–water partition coefficient (Wildman–Crippen LogP) is -0.308. The summed E-state index contributed by atoms with van der Waals surface area (Å²) in [5.74, 6) is -3.75. The molecule has 0 saturated carbocycles. The maximum Gasteiger partial charge on any atom is 0.331 e. The summed E-state index contributed by atoms with van der Waals surface area (Å²) in [5.41, 5.74) is -2.21. The Morgan fingerprint density at radius 1 is 1.29 bits per heavy atom. The van der Waals surface area contributed by atoms with Crippen LogP contribution >= 0.6 is 0 Å². The van der Waals surface area contributed by atoms with Gasteiger partial charge in [0.1, 0.15) is 6.54 Å². The third kappa shape index (κ3) is 3.08. The summed E-state index contributed by atoms with van der Waals surface area (Å²) in [4.78, 5) is 35.5. The van der Waals surface area contributed by atoms with Crippen LogP contribution in [0, 0.1) is 5.82 Å². The average Bonchev–Trinajstić information content (AvgIpc) is 2.40. The second-order valence-corrected chi connectivity index (χ2v) is 3.96. The largest absolute Gasteiger partial charge is 0.504 e. The lowest BCUT2D eigenvalue weighted by Crippen LogP contribution is -2.34. The fourth-order valence-corrected chi connectivity index (χ4v) is 1.50. The number of benzene rings is 1. The quantitative estimate of drug-likeness (QED) is 0.527. The number of phenolic OH excluding ortho intramolecular Hbond substituents is 2. The molecule has 0 bridgehead atoms. The van der Waals surface area contributed by atoms with E-state index in [1.54, 1.807) is 4.98 Å². The van der Waals surface area contributed by atoms with Gasteiger partial charge in [-0.15, -0.1) is 0 Å². The lowest BCUT2D eigenvalue weighted by molar-refractivity contribution is -0.135. The smallest absolute Gasteiger partial charge is 0.331 e. The number of para-hydroxylation sites is 1. The van der Waals surface area contributed by atoms with Crippen LogP contribution in [0.5, 0.6) is 17.2 Å². The van der Waals surface area contributed by atoms with Crippen molar-refractivity contribution in [1.29, 1.82) is 0 Å². The van der Waals surface area contributed by atoms with Gasteiger partial charge >= 0.3 is 11.7 Å². The predicted molar refractivity (Wildman–Crippen MR) is 66.7 cm³/mol. The maximum absolute atomic E-state index is 13.0. The Morgan fingerprint density at radius 3 is 2.52 bits per heavy atom. The monoisotopic (exact) mass is 296 g/mol. The highest BCUT2D eigenvalue weighted by Crippen LogP contribution is 2.34. The molecule has 0 fully saturated rings. The standard InChI is InChI=1S/C12H9FN2O6/c13-6-4-15(12(20)14-11(6)19)5-9(18)21-10-7(16)2-1-3-8(10)17/h1-4,16-17H,5H2,(H,14,19,20). The topological polar surface area (TPSA) is 122 Å². The van der Waals surface area contributed by atoms with E-state index in [9.17, 15) is 29.0 Å². The number of rotatable bonds is 3. The Hall–Kier alpha value is -3.10. The number of ether oxygens (including phenoxy) is 1. The average molecular weight is 296 g/mol. The van der Waals surface area contributed by atoms with Crippen molar-refractivity contribution in [1.82, 2.24) is 9.55 Å².